The van der Waals surface area contributed by atoms with Crippen LogP contribution in [0, 0.1) is 6.92 Å². The summed E-state index contributed by atoms with van der Waals surface area (Å²) in [4.78, 5) is 8.59. The predicted octanol–water partition coefficient (Wildman–Crippen LogP) is 2.13. The van der Waals surface area contributed by atoms with Gasteiger partial charge in [0.05, 0.1) is 10.2 Å². The molecule has 0 saturated heterocycles. The zero-order chi connectivity index (χ0) is 10.6. The molecule has 0 bridgehead atoms. The minimum Gasteiger partial charge on any atom is -0.374 e. The Morgan fingerprint density at radius 3 is 2.71 bits per heavy atom. The Labute approximate surface area is 92.2 Å². The van der Waals surface area contributed by atoms with Gasteiger partial charge in [0.1, 0.15) is 12.4 Å². The average Bonchev–Trinajstić information content (AvgIpc) is 2.19. The zero-order valence-corrected chi connectivity index (χ0v) is 10.2. The fourth-order valence-corrected chi connectivity index (χ4v) is 1.42. The summed E-state index contributed by atoms with van der Waals surface area (Å²) in [6, 6.07) is 0. The van der Waals surface area contributed by atoms with Crippen LogP contribution in [0.25, 0.3) is 0 Å². The number of halogens is 1. The van der Waals surface area contributed by atoms with E-state index in [2.05, 4.69) is 31.2 Å². The molecule has 0 aliphatic rings. The molecule has 0 amide bonds. The van der Waals surface area contributed by atoms with Crippen LogP contribution in [0.2, 0.25) is 0 Å². The van der Waals surface area contributed by atoms with Gasteiger partial charge >= 0.3 is 0 Å². The molecule has 78 valence electrons. The summed E-state index contributed by atoms with van der Waals surface area (Å²) in [5.41, 5.74) is 0.916. The number of rotatable bonds is 4. The molecule has 1 heterocycles. The summed E-state index contributed by atoms with van der Waals surface area (Å²) in [7, 11) is 1.83. The first-order valence-corrected chi connectivity index (χ1v) is 5.26. The van der Waals surface area contributed by atoms with Gasteiger partial charge < -0.3 is 10.1 Å². The fraction of sp³-hybridized carbons (Fsp3) is 0.556. The summed E-state index contributed by atoms with van der Waals surface area (Å²) < 4.78 is 6.15. The van der Waals surface area contributed by atoms with Crippen LogP contribution in [-0.4, -0.2) is 23.6 Å². The van der Waals surface area contributed by atoms with Crippen LogP contribution in [0.5, 0.6) is 0 Å². The van der Waals surface area contributed by atoms with E-state index in [1.54, 1.807) is 0 Å². The Balaban J connectivity index is 2.91. The molecule has 4 nitrogen and oxygen atoms in total. The number of nitrogens with one attached hydrogen (secondary N) is 1. The lowest BCUT2D eigenvalue weighted by molar-refractivity contribution is 0.128. The van der Waals surface area contributed by atoms with Crippen LogP contribution in [0.4, 0.5) is 5.82 Å². The second-order valence-corrected chi connectivity index (χ2v) is 3.57. The van der Waals surface area contributed by atoms with Gasteiger partial charge in [-0.1, -0.05) is 0 Å². The smallest absolute Gasteiger partial charge is 0.156 e. The van der Waals surface area contributed by atoms with E-state index >= 15 is 0 Å². The molecule has 1 rings (SSSR count). The van der Waals surface area contributed by atoms with Crippen LogP contribution in [0.1, 0.15) is 18.4 Å². The van der Waals surface area contributed by atoms with Crippen LogP contribution < -0.4 is 5.32 Å². The normalized spacial score (nSPS) is 10.3. The lowest BCUT2D eigenvalue weighted by atomic mass is 10.4. The Bertz CT molecular complexity index is 317. The van der Waals surface area contributed by atoms with Crippen molar-refractivity contribution >= 4 is 21.7 Å². The number of hydrogen-bond donors (Lipinski definition) is 1. The molecule has 0 radical (unpaired) electrons. The highest BCUT2D eigenvalue weighted by atomic mass is 79.9. The van der Waals surface area contributed by atoms with Gasteiger partial charge in [0, 0.05) is 13.7 Å². The zero-order valence-electron chi connectivity index (χ0n) is 8.59. The van der Waals surface area contributed by atoms with Crippen LogP contribution in [0.3, 0.4) is 0 Å². The van der Waals surface area contributed by atoms with E-state index in [-0.39, 0.29) is 0 Å². The number of anilines is 1. The van der Waals surface area contributed by atoms with Gasteiger partial charge in [0.25, 0.3) is 0 Å². The third kappa shape index (κ3) is 2.65. The summed E-state index contributed by atoms with van der Waals surface area (Å²) in [6.45, 7) is 5.01. The van der Waals surface area contributed by atoms with E-state index in [1.165, 1.54) is 0 Å². The van der Waals surface area contributed by atoms with Crippen molar-refractivity contribution in [3.05, 3.63) is 16.0 Å². The average molecular weight is 260 g/mol. The Morgan fingerprint density at radius 2 is 2.14 bits per heavy atom. The Morgan fingerprint density at radius 1 is 1.43 bits per heavy atom. The standard InChI is InChI=1S/C9H14BrN3O/c1-4-14-5-7-12-6(2)8(10)9(11-3)13-7/h4-5H2,1-3H3,(H,11,12,13). The first kappa shape index (κ1) is 11.4. The highest BCUT2D eigenvalue weighted by Gasteiger charge is 2.07. The van der Waals surface area contributed by atoms with E-state index in [0.717, 1.165) is 16.0 Å². The molecule has 1 aromatic heterocycles. The van der Waals surface area contributed by atoms with Crippen molar-refractivity contribution in [3.63, 3.8) is 0 Å². The van der Waals surface area contributed by atoms with Crippen molar-refractivity contribution in [2.75, 3.05) is 19.0 Å². The maximum absolute atomic E-state index is 5.25. The maximum atomic E-state index is 5.25. The van der Waals surface area contributed by atoms with Gasteiger partial charge in [0.2, 0.25) is 0 Å². The molecule has 5 heteroatoms. The second kappa shape index (κ2) is 5.26. The lowest BCUT2D eigenvalue weighted by Gasteiger charge is -2.08. The third-order valence-corrected chi connectivity index (χ3v) is 2.68. The molecule has 0 spiro atoms. The molecule has 0 aromatic carbocycles. The molecule has 0 saturated carbocycles. The van der Waals surface area contributed by atoms with Crippen LogP contribution in [-0.2, 0) is 11.3 Å². The van der Waals surface area contributed by atoms with E-state index in [1.807, 2.05) is 20.9 Å². The van der Waals surface area contributed by atoms with Crippen molar-refractivity contribution in [2.24, 2.45) is 0 Å². The Kier molecular flexibility index (Phi) is 4.28. The summed E-state index contributed by atoms with van der Waals surface area (Å²) in [6.07, 6.45) is 0. The maximum Gasteiger partial charge on any atom is 0.156 e. The molecule has 14 heavy (non-hydrogen) atoms. The molecule has 1 N–H and O–H groups in total. The van der Waals surface area contributed by atoms with Crippen molar-refractivity contribution in [1.29, 1.82) is 0 Å². The number of nitrogens with zero attached hydrogens (tertiary/aromatic N) is 2. The van der Waals surface area contributed by atoms with E-state index < -0.39 is 0 Å². The monoisotopic (exact) mass is 259 g/mol. The van der Waals surface area contributed by atoms with E-state index in [9.17, 15) is 0 Å². The number of aromatic nitrogens is 2. The Hall–Kier alpha value is -0.680. The first-order chi connectivity index (χ1) is 6.69. The van der Waals surface area contributed by atoms with Crippen LogP contribution >= 0.6 is 15.9 Å². The van der Waals surface area contributed by atoms with Crippen molar-refractivity contribution in [2.45, 2.75) is 20.5 Å². The minimum absolute atomic E-state index is 0.458. The van der Waals surface area contributed by atoms with Gasteiger partial charge in [-0.2, -0.15) is 0 Å². The minimum atomic E-state index is 0.458. The predicted molar refractivity (Wildman–Crippen MR) is 59.3 cm³/mol. The van der Waals surface area contributed by atoms with Gasteiger partial charge in [-0.15, -0.1) is 0 Å². The molecule has 1 aromatic rings. The molecule has 0 atom stereocenters. The van der Waals surface area contributed by atoms with Crippen molar-refractivity contribution < 1.29 is 4.74 Å². The lowest BCUT2D eigenvalue weighted by Crippen LogP contribution is -2.05. The second-order valence-electron chi connectivity index (χ2n) is 2.77. The number of ether oxygens (including phenoxy) is 1. The molecule has 0 fully saturated rings. The molecule has 0 aliphatic carbocycles. The van der Waals surface area contributed by atoms with E-state index in [4.69, 9.17) is 4.74 Å². The molecule has 0 aliphatic heterocycles. The summed E-state index contributed by atoms with van der Waals surface area (Å²) in [5.74, 6) is 1.50. The fourth-order valence-electron chi connectivity index (χ4n) is 1.04. The van der Waals surface area contributed by atoms with E-state index in [0.29, 0.717) is 19.0 Å². The van der Waals surface area contributed by atoms with Gasteiger partial charge in [-0.25, -0.2) is 9.97 Å². The van der Waals surface area contributed by atoms with Crippen molar-refractivity contribution in [3.8, 4) is 0 Å². The highest BCUT2D eigenvalue weighted by molar-refractivity contribution is 9.10. The van der Waals surface area contributed by atoms with Gasteiger partial charge in [-0.05, 0) is 29.8 Å². The van der Waals surface area contributed by atoms with Crippen molar-refractivity contribution in [1.82, 2.24) is 9.97 Å². The molecule has 0 unspecified atom stereocenters. The third-order valence-electron chi connectivity index (χ3n) is 1.74. The number of aryl methyl sites for hydroxylation is 1. The largest absolute Gasteiger partial charge is 0.374 e. The molecular weight excluding hydrogens is 246 g/mol. The molecular formula is C9H14BrN3O. The first-order valence-electron chi connectivity index (χ1n) is 4.47. The van der Waals surface area contributed by atoms with Gasteiger partial charge in [0.15, 0.2) is 5.82 Å². The quantitative estimate of drug-likeness (QED) is 0.900. The van der Waals surface area contributed by atoms with Gasteiger partial charge in [-0.3, -0.25) is 0 Å². The SMILES string of the molecule is CCOCc1nc(C)c(Br)c(NC)n1. The number of hydrogen-bond acceptors (Lipinski definition) is 4. The summed E-state index contributed by atoms with van der Waals surface area (Å²) in [5, 5.41) is 3.00. The highest BCUT2D eigenvalue weighted by Crippen LogP contribution is 2.22. The summed E-state index contributed by atoms with van der Waals surface area (Å²) >= 11 is 3.41. The topological polar surface area (TPSA) is 47.0 Å². The van der Waals surface area contributed by atoms with Crippen LogP contribution in [0.15, 0.2) is 4.47 Å².